The minimum atomic E-state index is -0.454. The van der Waals surface area contributed by atoms with Gasteiger partial charge >= 0.3 is 0 Å². The number of aliphatic imine (C=N–C) groups is 1. The van der Waals surface area contributed by atoms with Gasteiger partial charge in [-0.2, -0.15) is 0 Å². The molecule has 1 atom stereocenters. The standard InChI is InChI=1S/C25H26N2O3/c1-15-22-18-8-6-7-9-19(18)23(16-10-12-17(29-5)13-11-16)26-20(24(22)30-27-15)14-21(28)25(2,3)4/h6-13,20H,14H2,1-5H3/t20-/m0/s1. The Labute approximate surface area is 176 Å². The lowest BCUT2D eigenvalue weighted by Crippen LogP contribution is -2.22. The second-order valence-electron chi connectivity index (χ2n) is 8.65. The Morgan fingerprint density at radius 3 is 2.37 bits per heavy atom. The molecule has 5 heteroatoms. The van der Waals surface area contributed by atoms with E-state index >= 15 is 0 Å². The van der Waals surface area contributed by atoms with Crippen molar-refractivity contribution in [3.05, 3.63) is 71.1 Å². The molecule has 5 nitrogen and oxygen atoms in total. The highest BCUT2D eigenvalue weighted by Gasteiger charge is 2.33. The summed E-state index contributed by atoms with van der Waals surface area (Å²) in [7, 11) is 1.65. The molecular weight excluding hydrogens is 376 g/mol. The van der Waals surface area contributed by atoms with Crippen LogP contribution in [0.15, 0.2) is 58.0 Å². The number of nitrogens with zero attached hydrogens (tertiary/aromatic N) is 2. The zero-order valence-corrected chi connectivity index (χ0v) is 18.0. The fraction of sp³-hybridized carbons (Fsp3) is 0.320. The molecule has 1 aromatic heterocycles. The summed E-state index contributed by atoms with van der Waals surface area (Å²) < 4.78 is 11.0. The number of aryl methyl sites for hydroxylation is 1. The summed E-state index contributed by atoms with van der Waals surface area (Å²) >= 11 is 0. The molecule has 0 saturated heterocycles. The first kappa shape index (κ1) is 20.1. The van der Waals surface area contributed by atoms with Crippen LogP contribution in [0.1, 0.15) is 55.8 Å². The van der Waals surface area contributed by atoms with Gasteiger partial charge in [0.25, 0.3) is 0 Å². The molecule has 0 spiro atoms. The molecule has 0 bridgehead atoms. The van der Waals surface area contributed by atoms with Crippen LogP contribution in [0.25, 0.3) is 11.1 Å². The summed E-state index contributed by atoms with van der Waals surface area (Å²) in [6.07, 6.45) is 0.263. The van der Waals surface area contributed by atoms with E-state index in [2.05, 4.69) is 17.3 Å². The molecule has 0 unspecified atom stereocenters. The summed E-state index contributed by atoms with van der Waals surface area (Å²) in [5.41, 5.74) is 5.11. The van der Waals surface area contributed by atoms with E-state index in [0.29, 0.717) is 5.76 Å². The lowest BCUT2D eigenvalue weighted by Gasteiger charge is -2.19. The van der Waals surface area contributed by atoms with Crippen molar-refractivity contribution in [1.29, 1.82) is 0 Å². The van der Waals surface area contributed by atoms with Gasteiger partial charge in [0, 0.05) is 23.0 Å². The molecule has 154 valence electrons. The molecule has 0 aliphatic carbocycles. The second kappa shape index (κ2) is 7.56. The number of fused-ring (bicyclic) bond motifs is 3. The lowest BCUT2D eigenvalue weighted by atomic mass is 9.86. The van der Waals surface area contributed by atoms with Gasteiger partial charge in [-0.3, -0.25) is 9.79 Å². The molecule has 0 saturated carbocycles. The highest BCUT2D eigenvalue weighted by molar-refractivity contribution is 6.17. The van der Waals surface area contributed by atoms with E-state index in [4.69, 9.17) is 14.3 Å². The van der Waals surface area contributed by atoms with Gasteiger partial charge in [0.15, 0.2) is 5.76 Å². The first-order valence-electron chi connectivity index (χ1n) is 10.1. The monoisotopic (exact) mass is 402 g/mol. The molecule has 30 heavy (non-hydrogen) atoms. The smallest absolute Gasteiger partial charge is 0.169 e. The predicted octanol–water partition coefficient (Wildman–Crippen LogP) is 5.56. The van der Waals surface area contributed by atoms with E-state index in [9.17, 15) is 4.79 Å². The third-order valence-electron chi connectivity index (χ3n) is 5.51. The van der Waals surface area contributed by atoms with Gasteiger partial charge in [-0.15, -0.1) is 0 Å². The normalized spacial score (nSPS) is 15.6. The average Bonchev–Trinajstić information content (AvgIpc) is 3.05. The van der Waals surface area contributed by atoms with Crippen molar-refractivity contribution in [2.45, 2.75) is 40.2 Å². The molecule has 2 aromatic carbocycles. The SMILES string of the molecule is COc1ccc(C2=N[C@@H](CC(=O)C(C)(C)C)c3onc(C)c3-c3ccccc32)cc1. The molecule has 0 N–H and O–H groups in total. The van der Waals surface area contributed by atoms with Gasteiger partial charge in [0.2, 0.25) is 0 Å². The van der Waals surface area contributed by atoms with E-state index in [1.165, 1.54) is 0 Å². The molecule has 1 aliphatic rings. The Bertz CT molecular complexity index is 1120. The summed E-state index contributed by atoms with van der Waals surface area (Å²) in [6.45, 7) is 7.73. The lowest BCUT2D eigenvalue weighted by molar-refractivity contribution is -0.126. The van der Waals surface area contributed by atoms with Crippen molar-refractivity contribution >= 4 is 11.5 Å². The highest BCUT2D eigenvalue weighted by Crippen LogP contribution is 2.41. The minimum absolute atomic E-state index is 0.135. The van der Waals surface area contributed by atoms with Gasteiger partial charge in [0.1, 0.15) is 17.6 Å². The van der Waals surface area contributed by atoms with E-state index < -0.39 is 11.5 Å². The van der Waals surface area contributed by atoms with Crippen LogP contribution in [0.4, 0.5) is 0 Å². The van der Waals surface area contributed by atoms with Crippen LogP contribution in [0.3, 0.4) is 0 Å². The Morgan fingerprint density at radius 1 is 1.07 bits per heavy atom. The van der Waals surface area contributed by atoms with Crippen LogP contribution in [0.5, 0.6) is 5.75 Å². The van der Waals surface area contributed by atoms with Crippen LogP contribution in [-0.4, -0.2) is 23.8 Å². The van der Waals surface area contributed by atoms with Gasteiger partial charge in [-0.05, 0) is 36.8 Å². The van der Waals surface area contributed by atoms with E-state index in [1.807, 2.05) is 64.1 Å². The van der Waals surface area contributed by atoms with Crippen LogP contribution >= 0.6 is 0 Å². The van der Waals surface area contributed by atoms with Crippen LogP contribution < -0.4 is 4.74 Å². The van der Waals surface area contributed by atoms with Crippen molar-refractivity contribution in [3.63, 3.8) is 0 Å². The molecule has 2 heterocycles. The van der Waals surface area contributed by atoms with Crippen molar-refractivity contribution in [2.24, 2.45) is 10.4 Å². The molecular formula is C25H26N2O3. The van der Waals surface area contributed by atoms with E-state index in [-0.39, 0.29) is 12.2 Å². The minimum Gasteiger partial charge on any atom is -0.497 e. The van der Waals surface area contributed by atoms with Gasteiger partial charge in [0.05, 0.1) is 24.1 Å². The number of methoxy groups -OCH3 is 1. The summed E-state index contributed by atoms with van der Waals surface area (Å²) in [5, 5.41) is 4.21. The number of carbonyl (C=O) groups is 1. The number of ketones is 1. The Balaban J connectivity index is 1.92. The van der Waals surface area contributed by atoms with Gasteiger partial charge in [-0.1, -0.05) is 50.2 Å². The highest BCUT2D eigenvalue weighted by atomic mass is 16.5. The zero-order chi connectivity index (χ0) is 21.5. The number of hydrogen-bond donors (Lipinski definition) is 0. The average molecular weight is 402 g/mol. The molecule has 1 aliphatic heterocycles. The van der Waals surface area contributed by atoms with Crippen LogP contribution in [0.2, 0.25) is 0 Å². The largest absolute Gasteiger partial charge is 0.497 e. The summed E-state index contributed by atoms with van der Waals surface area (Å²) in [4.78, 5) is 18.0. The number of benzene rings is 2. The van der Waals surface area contributed by atoms with Crippen molar-refractivity contribution < 1.29 is 14.1 Å². The Morgan fingerprint density at radius 2 is 1.73 bits per heavy atom. The third kappa shape index (κ3) is 3.56. The maximum Gasteiger partial charge on any atom is 0.169 e. The molecule has 3 aromatic rings. The van der Waals surface area contributed by atoms with Crippen molar-refractivity contribution in [3.8, 4) is 16.9 Å². The zero-order valence-electron chi connectivity index (χ0n) is 18.0. The number of Topliss-reactive ketones (excluding diaryl/α,β-unsaturated/α-hetero) is 1. The number of carbonyl (C=O) groups excluding carboxylic acids is 1. The van der Waals surface area contributed by atoms with Crippen molar-refractivity contribution in [2.75, 3.05) is 7.11 Å². The van der Waals surface area contributed by atoms with Gasteiger partial charge < -0.3 is 9.26 Å². The Hall–Kier alpha value is -3.21. The van der Waals surface area contributed by atoms with Crippen LogP contribution in [-0.2, 0) is 4.79 Å². The fourth-order valence-electron chi connectivity index (χ4n) is 3.73. The first-order valence-corrected chi connectivity index (χ1v) is 10.1. The second-order valence-corrected chi connectivity index (χ2v) is 8.65. The summed E-state index contributed by atoms with van der Waals surface area (Å²) in [6, 6.07) is 15.5. The molecule has 0 amide bonds. The van der Waals surface area contributed by atoms with Crippen LogP contribution in [0, 0.1) is 12.3 Å². The number of rotatable bonds is 4. The number of ether oxygens (including phenoxy) is 1. The first-order chi connectivity index (χ1) is 14.3. The Kier molecular flexibility index (Phi) is 5.06. The van der Waals surface area contributed by atoms with Gasteiger partial charge in [-0.25, -0.2) is 0 Å². The summed E-state index contributed by atoms with van der Waals surface area (Å²) in [5.74, 6) is 1.57. The quantitative estimate of drug-likeness (QED) is 0.573. The van der Waals surface area contributed by atoms with E-state index in [1.54, 1.807) is 7.11 Å². The maximum atomic E-state index is 12.9. The number of hydrogen-bond acceptors (Lipinski definition) is 5. The van der Waals surface area contributed by atoms with Crippen molar-refractivity contribution in [1.82, 2.24) is 5.16 Å². The molecule has 0 radical (unpaired) electrons. The third-order valence-corrected chi connectivity index (χ3v) is 5.51. The topological polar surface area (TPSA) is 64.7 Å². The molecule has 0 fully saturated rings. The number of aromatic nitrogens is 1. The predicted molar refractivity (Wildman–Crippen MR) is 117 cm³/mol. The molecule has 4 rings (SSSR count). The van der Waals surface area contributed by atoms with E-state index in [0.717, 1.165) is 39.4 Å². The fourth-order valence-corrected chi connectivity index (χ4v) is 3.73. The maximum absolute atomic E-state index is 12.9.